The quantitative estimate of drug-likeness (QED) is 0.719. The molecule has 2 heterocycles. The number of carbonyl (C=O) groups excluding carboxylic acids is 2. The van der Waals surface area contributed by atoms with E-state index in [0.717, 1.165) is 31.2 Å². The Hall–Kier alpha value is -2.96. The Morgan fingerprint density at radius 1 is 1.26 bits per heavy atom. The topological polar surface area (TPSA) is 74.3 Å². The van der Waals surface area contributed by atoms with Crippen molar-refractivity contribution in [3.8, 4) is 0 Å². The Morgan fingerprint density at radius 2 is 2.03 bits per heavy atom. The van der Waals surface area contributed by atoms with Crippen molar-refractivity contribution in [2.75, 3.05) is 11.9 Å². The van der Waals surface area contributed by atoms with Gasteiger partial charge in [-0.25, -0.2) is 9.37 Å². The maximum atomic E-state index is 14.8. The van der Waals surface area contributed by atoms with Crippen LogP contribution in [0.15, 0.2) is 30.5 Å². The van der Waals surface area contributed by atoms with Gasteiger partial charge in [0, 0.05) is 29.9 Å². The number of fused-ring (bicyclic) bond motifs is 1. The molecular weight excluding hydrogens is 395 g/mol. The Bertz CT molecular complexity index is 988. The molecule has 1 fully saturated rings. The number of halogens is 1. The molecular formula is C24H29FN4O2. The van der Waals surface area contributed by atoms with Crippen molar-refractivity contribution in [1.82, 2.24) is 15.2 Å². The van der Waals surface area contributed by atoms with Gasteiger partial charge in [-0.2, -0.15) is 0 Å². The van der Waals surface area contributed by atoms with E-state index in [1.165, 1.54) is 12.5 Å². The normalized spacial score (nSPS) is 17.4. The van der Waals surface area contributed by atoms with E-state index >= 15 is 0 Å². The van der Waals surface area contributed by atoms with Gasteiger partial charge in [0.1, 0.15) is 11.6 Å². The van der Waals surface area contributed by atoms with Gasteiger partial charge in [0.2, 0.25) is 0 Å². The van der Waals surface area contributed by atoms with Gasteiger partial charge in [-0.3, -0.25) is 9.59 Å². The van der Waals surface area contributed by atoms with Gasteiger partial charge in [-0.05, 0) is 50.5 Å². The SMILES string of the molecule is CCN1Cc2c(ccnc2N[C@@H](C)c2ccc(C(=O)NC3CCCCC3)c(F)c2)C1=O. The first-order valence-electron chi connectivity index (χ1n) is 11.1. The molecule has 2 aliphatic rings. The molecule has 7 heteroatoms. The molecule has 2 aromatic rings. The molecule has 6 nitrogen and oxygen atoms in total. The van der Waals surface area contributed by atoms with E-state index in [1.54, 1.807) is 29.3 Å². The van der Waals surface area contributed by atoms with Crippen LogP contribution in [0.1, 0.15) is 83.8 Å². The lowest BCUT2D eigenvalue weighted by Crippen LogP contribution is -2.36. The number of hydrogen-bond donors (Lipinski definition) is 2. The zero-order chi connectivity index (χ0) is 22.0. The standard InChI is InChI=1S/C24H29FN4O2/c1-3-29-14-20-18(24(29)31)11-12-26-22(20)27-15(2)16-9-10-19(21(25)13-16)23(30)28-17-7-5-4-6-8-17/h9-13,15,17H,3-8,14H2,1-2H3,(H,26,27)(H,28,30)/t15-/m0/s1. The number of hydrogen-bond acceptors (Lipinski definition) is 4. The van der Waals surface area contributed by atoms with Gasteiger partial charge >= 0.3 is 0 Å². The summed E-state index contributed by atoms with van der Waals surface area (Å²) in [7, 11) is 0. The minimum atomic E-state index is -0.530. The highest BCUT2D eigenvalue weighted by Crippen LogP contribution is 2.30. The van der Waals surface area contributed by atoms with Gasteiger partial charge in [0.15, 0.2) is 0 Å². The predicted octanol–water partition coefficient (Wildman–Crippen LogP) is 4.43. The van der Waals surface area contributed by atoms with Crippen LogP contribution in [0.3, 0.4) is 0 Å². The van der Waals surface area contributed by atoms with Crippen molar-refractivity contribution in [2.24, 2.45) is 0 Å². The fourth-order valence-corrected chi connectivity index (χ4v) is 4.45. The fourth-order valence-electron chi connectivity index (χ4n) is 4.45. The molecule has 0 unspecified atom stereocenters. The maximum absolute atomic E-state index is 14.8. The fraction of sp³-hybridized carbons (Fsp3) is 0.458. The first-order chi connectivity index (χ1) is 15.0. The molecule has 1 aliphatic carbocycles. The van der Waals surface area contributed by atoms with E-state index in [2.05, 4.69) is 15.6 Å². The van der Waals surface area contributed by atoms with Crippen LogP contribution in [0, 0.1) is 5.82 Å². The van der Waals surface area contributed by atoms with E-state index in [0.29, 0.717) is 30.0 Å². The van der Waals surface area contributed by atoms with E-state index in [4.69, 9.17) is 0 Å². The van der Waals surface area contributed by atoms with Gasteiger partial charge in [0.05, 0.1) is 18.2 Å². The summed E-state index contributed by atoms with van der Waals surface area (Å²) in [6.45, 7) is 5.01. The number of amides is 2. The number of pyridine rings is 1. The molecule has 0 bridgehead atoms. The van der Waals surface area contributed by atoms with Gasteiger partial charge in [-0.1, -0.05) is 25.3 Å². The minimum absolute atomic E-state index is 0.00924. The number of nitrogens with zero attached hydrogens (tertiary/aromatic N) is 2. The lowest BCUT2D eigenvalue weighted by Gasteiger charge is -2.23. The van der Waals surface area contributed by atoms with Crippen LogP contribution in [0.25, 0.3) is 0 Å². The first-order valence-corrected chi connectivity index (χ1v) is 11.1. The van der Waals surface area contributed by atoms with E-state index in [-0.39, 0.29) is 29.5 Å². The molecule has 1 atom stereocenters. The molecule has 2 N–H and O–H groups in total. The molecule has 164 valence electrons. The predicted molar refractivity (Wildman–Crippen MR) is 117 cm³/mol. The molecule has 0 radical (unpaired) electrons. The summed E-state index contributed by atoms with van der Waals surface area (Å²) in [5, 5.41) is 6.27. The summed E-state index contributed by atoms with van der Waals surface area (Å²) in [4.78, 5) is 31.1. The van der Waals surface area contributed by atoms with Crippen molar-refractivity contribution in [2.45, 2.75) is 64.6 Å². The highest BCUT2D eigenvalue weighted by atomic mass is 19.1. The molecule has 1 saturated carbocycles. The van der Waals surface area contributed by atoms with Crippen LogP contribution < -0.4 is 10.6 Å². The van der Waals surface area contributed by atoms with Crippen molar-refractivity contribution in [1.29, 1.82) is 0 Å². The Kier molecular flexibility index (Phi) is 6.20. The minimum Gasteiger partial charge on any atom is -0.363 e. The smallest absolute Gasteiger partial charge is 0.254 e. The third-order valence-electron chi connectivity index (χ3n) is 6.34. The Labute approximate surface area is 182 Å². The highest BCUT2D eigenvalue weighted by Gasteiger charge is 2.29. The van der Waals surface area contributed by atoms with Crippen LogP contribution in [0.2, 0.25) is 0 Å². The van der Waals surface area contributed by atoms with Crippen molar-refractivity contribution in [3.63, 3.8) is 0 Å². The van der Waals surface area contributed by atoms with Crippen LogP contribution in [0.4, 0.5) is 10.2 Å². The lowest BCUT2D eigenvalue weighted by molar-refractivity contribution is 0.0786. The lowest BCUT2D eigenvalue weighted by atomic mass is 9.95. The van der Waals surface area contributed by atoms with E-state index in [1.807, 2.05) is 13.8 Å². The van der Waals surface area contributed by atoms with Crippen molar-refractivity contribution in [3.05, 3.63) is 58.5 Å². The summed E-state index contributed by atoms with van der Waals surface area (Å²) in [6.07, 6.45) is 6.94. The second-order valence-electron chi connectivity index (χ2n) is 8.42. The number of rotatable bonds is 6. The van der Waals surface area contributed by atoms with E-state index in [9.17, 15) is 14.0 Å². The molecule has 1 aromatic carbocycles. The number of nitrogens with one attached hydrogen (secondary N) is 2. The molecule has 0 spiro atoms. The second kappa shape index (κ2) is 9.04. The summed E-state index contributed by atoms with van der Waals surface area (Å²) >= 11 is 0. The van der Waals surface area contributed by atoms with Crippen molar-refractivity contribution < 1.29 is 14.0 Å². The van der Waals surface area contributed by atoms with Gasteiger partial charge in [0.25, 0.3) is 11.8 Å². The average molecular weight is 425 g/mol. The maximum Gasteiger partial charge on any atom is 0.254 e. The van der Waals surface area contributed by atoms with Crippen LogP contribution in [-0.4, -0.2) is 34.3 Å². The number of carbonyl (C=O) groups is 2. The zero-order valence-electron chi connectivity index (χ0n) is 18.1. The molecule has 1 aliphatic heterocycles. The largest absolute Gasteiger partial charge is 0.363 e. The second-order valence-corrected chi connectivity index (χ2v) is 8.42. The summed E-state index contributed by atoms with van der Waals surface area (Å²) in [6, 6.07) is 6.35. The third-order valence-corrected chi connectivity index (χ3v) is 6.34. The van der Waals surface area contributed by atoms with E-state index < -0.39 is 5.82 Å². The van der Waals surface area contributed by atoms with Gasteiger partial charge < -0.3 is 15.5 Å². The summed E-state index contributed by atoms with van der Waals surface area (Å²) in [5.41, 5.74) is 2.31. The third kappa shape index (κ3) is 4.40. The molecule has 4 rings (SSSR count). The molecule has 0 saturated heterocycles. The van der Waals surface area contributed by atoms with Crippen molar-refractivity contribution >= 4 is 17.6 Å². The van der Waals surface area contributed by atoms with Gasteiger partial charge in [-0.15, -0.1) is 0 Å². The number of aromatic nitrogens is 1. The van der Waals surface area contributed by atoms with Crippen LogP contribution in [-0.2, 0) is 6.54 Å². The molecule has 31 heavy (non-hydrogen) atoms. The summed E-state index contributed by atoms with van der Waals surface area (Å²) in [5.74, 6) is -0.237. The summed E-state index contributed by atoms with van der Waals surface area (Å²) < 4.78 is 14.8. The van der Waals surface area contributed by atoms with Crippen LogP contribution >= 0.6 is 0 Å². The molecule has 1 aromatic heterocycles. The molecule has 2 amide bonds. The average Bonchev–Trinajstić information content (AvgIpc) is 3.11. The number of anilines is 1. The zero-order valence-corrected chi connectivity index (χ0v) is 18.1. The first kappa shape index (κ1) is 21.3. The monoisotopic (exact) mass is 424 g/mol. The van der Waals surface area contributed by atoms with Crippen LogP contribution in [0.5, 0.6) is 0 Å². The Morgan fingerprint density at radius 3 is 2.74 bits per heavy atom. The Balaban J connectivity index is 1.47. The highest BCUT2D eigenvalue weighted by molar-refractivity contribution is 5.99. The number of benzene rings is 1.